The van der Waals surface area contributed by atoms with Crippen LogP contribution in [0.3, 0.4) is 0 Å². The summed E-state index contributed by atoms with van der Waals surface area (Å²) in [5.41, 5.74) is 3.39. The van der Waals surface area contributed by atoms with Crippen molar-refractivity contribution >= 4 is 31.9 Å². The van der Waals surface area contributed by atoms with Gasteiger partial charge in [-0.2, -0.15) is 0 Å². The molecule has 0 fully saturated rings. The zero-order valence-electron chi connectivity index (χ0n) is 11.7. The van der Waals surface area contributed by atoms with Gasteiger partial charge in [0.2, 0.25) is 0 Å². The fraction of sp³-hybridized carbons (Fsp3) is 0.312. The Morgan fingerprint density at radius 2 is 2.19 bits per heavy atom. The molecule has 1 aromatic heterocycles. The average Bonchev–Trinajstić information content (AvgIpc) is 2.50. The van der Waals surface area contributed by atoms with Gasteiger partial charge in [0.05, 0.1) is 18.3 Å². The molecule has 0 spiro atoms. The summed E-state index contributed by atoms with van der Waals surface area (Å²) in [6.45, 7) is 0.787. The standard InChI is InChI=1S/C16H16Br2N2O/c1-19-14(15-13(18)8-11(17)9-20-15)12-6-2-4-10-5-3-7-21-16(10)12/h2,4,6,8-9,14,19H,3,5,7H2,1H3. The lowest BCUT2D eigenvalue weighted by molar-refractivity contribution is 0.283. The largest absolute Gasteiger partial charge is 0.493 e. The zero-order valence-corrected chi connectivity index (χ0v) is 14.9. The number of aryl methyl sites for hydroxylation is 1. The molecule has 1 N–H and O–H groups in total. The number of nitrogens with one attached hydrogen (secondary N) is 1. The second-order valence-corrected chi connectivity index (χ2v) is 6.80. The van der Waals surface area contributed by atoms with E-state index >= 15 is 0 Å². The van der Waals surface area contributed by atoms with Crippen molar-refractivity contribution in [3.05, 3.63) is 56.2 Å². The van der Waals surface area contributed by atoms with E-state index in [9.17, 15) is 0 Å². The van der Waals surface area contributed by atoms with E-state index in [2.05, 4.69) is 60.4 Å². The fourth-order valence-electron chi connectivity index (χ4n) is 2.72. The molecule has 0 bridgehead atoms. The van der Waals surface area contributed by atoms with Gasteiger partial charge in [0.25, 0.3) is 0 Å². The highest BCUT2D eigenvalue weighted by Gasteiger charge is 2.23. The maximum absolute atomic E-state index is 5.93. The van der Waals surface area contributed by atoms with E-state index in [1.807, 2.05) is 19.3 Å². The van der Waals surface area contributed by atoms with Crippen LogP contribution < -0.4 is 10.1 Å². The van der Waals surface area contributed by atoms with Crippen molar-refractivity contribution in [1.29, 1.82) is 0 Å². The Bertz CT molecular complexity index is 661. The van der Waals surface area contributed by atoms with Crippen molar-refractivity contribution in [3.63, 3.8) is 0 Å². The first-order chi connectivity index (χ1) is 10.2. The molecule has 2 heterocycles. The molecule has 21 heavy (non-hydrogen) atoms. The number of aromatic nitrogens is 1. The molecule has 1 aromatic carbocycles. The lowest BCUT2D eigenvalue weighted by atomic mass is 9.96. The molecule has 110 valence electrons. The van der Waals surface area contributed by atoms with Gasteiger partial charge in [-0.3, -0.25) is 4.98 Å². The highest BCUT2D eigenvalue weighted by atomic mass is 79.9. The SMILES string of the molecule is CNC(c1cccc2c1OCCC2)c1ncc(Br)cc1Br. The third-order valence-corrected chi connectivity index (χ3v) is 4.74. The number of ether oxygens (including phenoxy) is 1. The number of pyridine rings is 1. The van der Waals surface area contributed by atoms with Crippen LogP contribution in [0.25, 0.3) is 0 Å². The number of nitrogens with zero attached hydrogens (tertiary/aromatic N) is 1. The zero-order chi connectivity index (χ0) is 14.8. The van der Waals surface area contributed by atoms with Crippen LogP contribution in [0, 0.1) is 0 Å². The van der Waals surface area contributed by atoms with Crippen molar-refractivity contribution in [2.45, 2.75) is 18.9 Å². The minimum Gasteiger partial charge on any atom is -0.493 e. The van der Waals surface area contributed by atoms with Crippen molar-refractivity contribution in [2.75, 3.05) is 13.7 Å². The van der Waals surface area contributed by atoms with E-state index in [4.69, 9.17) is 4.74 Å². The van der Waals surface area contributed by atoms with Crippen LogP contribution in [-0.2, 0) is 6.42 Å². The topological polar surface area (TPSA) is 34.1 Å². The number of hydrogen-bond acceptors (Lipinski definition) is 3. The number of benzene rings is 1. The van der Waals surface area contributed by atoms with Crippen molar-refractivity contribution in [2.24, 2.45) is 0 Å². The molecule has 0 saturated heterocycles. The highest BCUT2D eigenvalue weighted by molar-refractivity contribution is 9.11. The van der Waals surface area contributed by atoms with E-state index in [0.717, 1.165) is 45.4 Å². The smallest absolute Gasteiger partial charge is 0.127 e. The van der Waals surface area contributed by atoms with E-state index in [1.54, 1.807) is 0 Å². The molecule has 2 aromatic rings. The summed E-state index contributed by atoms with van der Waals surface area (Å²) in [7, 11) is 1.95. The Balaban J connectivity index is 2.08. The molecule has 3 nitrogen and oxygen atoms in total. The lowest BCUT2D eigenvalue weighted by Gasteiger charge is -2.25. The second kappa shape index (κ2) is 6.46. The molecule has 5 heteroatoms. The molecule has 0 aliphatic carbocycles. The molecule has 0 radical (unpaired) electrons. The summed E-state index contributed by atoms with van der Waals surface area (Å²) >= 11 is 7.05. The second-order valence-electron chi connectivity index (χ2n) is 5.03. The quantitative estimate of drug-likeness (QED) is 0.819. The minimum atomic E-state index is 0.000486. The lowest BCUT2D eigenvalue weighted by Crippen LogP contribution is -2.22. The maximum Gasteiger partial charge on any atom is 0.127 e. The Morgan fingerprint density at radius 3 is 2.95 bits per heavy atom. The Kier molecular flexibility index (Phi) is 4.62. The third-order valence-electron chi connectivity index (χ3n) is 3.67. The van der Waals surface area contributed by atoms with E-state index in [1.165, 1.54) is 5.56 Å². The number of halogens is 2. The number of hydrogen-bond donors (Lipinski definition) is 1. The fourth-order valence-corrected chi connectivity index (χ4v) is 3.94. The highest BCUT2D eigenvalue weighted by Crippen LogP contribution is 2.37. The molecule has 3 rings (SSSR count). The van der Waals surface area contributed by atoms with Crippen LogP contribution in [0.2, 0.25) is 0 Å². The maximum atomic E-state index is 5.93. The normalized spacial score (nSPS) is 15.2. The monoisotopic (exact) mass is 410 g/mol. The number of fused-ring (bicyclic) bond motifs is 1. The van der Waals surface area contributed by atoms with Gasteiger partial charge in [0.15, 0.2) is 0 Å². The van der Waals surface area contributed by atoms with Gasteiger partial charge in [0, 0.05) is 20.7 Å². The van der Waals surface area contributed by atoms with Gasteiger partial charge in [-0.25, -0.2) is 0 Å². The van der Waals surface area contributed by atoms with Gasteiger partial charge in [0.1, 0.15) is 5.75 Å². The first-order valence-corrected chi connectivity index (χ1v) is 8.52. The van der Waals surface area contributed by atoms with Crippen LogP contribution >= 0.6 is 31.9 Å². The first kappa shape index (κ1) is 15.0. The van der Waals surface area contributed by atoms with E-state index in [0.29, 0.717) is 0 Å². The van der Waals surface area contributed by atoms with Gasteiger partial charge in [-0.1, -0.05) is 18.2 Å². The first-order valence-electron chi connectivity index (χ1n) is 6.93. The predicted octanol–water partition coefficient (Wildman–Crippen LogP) is 4.24. The van der Waals surface area contributed by atoms with Crippen LogP contribution in [0.15, 0.2) is 39.4 Å². The van der Waals surface area contributed by atoms with Crippen molar-refractivity contribution in [1.82, 2.24) is 10.3 Å². The van der Waals surface area contributed by atoms with Crippen LogP contribution in [0.5, 0.6) is 5.75 Å². The summed E-state index contributed by atoms with van der Waals surface area (Å²) < 4.78 is 7.86. The summed E-state index contributed by atoms with van der Waals surface area (Å²) in [6.07, 6.45) is 3.98. The molecular weight excluding hydrogens is 396 g/mol. The summed E-state index contributed by atoms with van der Waals surface area (Å²) in [5, 5.41) is 3.36. The van der Waals surface area contributed by atoms with Gasteiger partial charge in [-0.05, 0) is 63.4 Å². The molecular formula is C16H16Br2N2O. The van der Waals surface area contributed by atoms with E-state index in [-0.39, 0.29) is 6.04 Å². The summed E-state index contributed by atoms with van der Waals surface area (Å²) in [6, 6.07) is 8.37. The third kappa shape index (κ3) is 3.00. The Hall–Kier alpha value is -0.910. The minimum absolute atomic E-state index is 0.000486. The predicted molar refractivity (Wildman–Crippen MR) is 90.8 cm³/mol. The Morgan fingerprint density at radius 1 is 1.33 bits per heavy atom. The van der Waals surface area contributed by atoms with E-state index < -0.39 is 0 Å². The molecule has 0 saturated carbocycles. The van der Waals surface area contributed by atoms with Crippen molar-refractivity contribution < 1.29 is 4.74 Å². The molecule has 1 atom stereocenters. The number of para-hydroxylation sites is 1. The average molecular weight is 412 g/mol. The molecule has 1 aliphatic rings. The molecule has 1 unspecified atom stereocenters. The summed E-state index contributed by atoms with van der Waals surface area (Å²) in [5.74, 6) is 1.01. The van der Waals surface area contributed by atoms with Gasteiger partial charge in [-0.15, -0.1) is 0 Å². The molecule has 1 aliphatic heterocycles. The van der Waals surface area contributed by atoms with Gasteiger partial charge < -0.3 is 10.1 Å². The Labute approximate surface area is 141 Å². The van der Waals surface area contributed by atoms with Crippen LogP contribution in [0.4, 0.5) is 0 Å². The van der Waals surface area contributed by atoms with Crippen LogP contribution in [0.1, 0.15) is 29.3 Å². The molecule has 0 amide bonds. The van der Waals surface area contributed by atoms with Crippen molar-refractivity contribution in [3.8, 4) is 5.75 Å². The summed E-state index contributed by atoms with van der Waals surface area (Å²) in [4.78, 5) is 4.56. The van der Waals surface area contributed by atoms with Crippen LogP contribution in [-0.4, -0.2) is 18.6 Å². The number of rotatable bonds is 3. The van der Waals surface area contributed by atoms with Gasteiger partial charge >= 0.3 is 0 Å².